The number of aryl methyl sites for hydroxylation is 1. The zero-order valence-electron chi connectivity index (χ0n) is 14.3. The molecule has 1 amide bonds. The van der Waals surface area contributed by atoms with Crippen LogP contribution in [0.2, 0.25) is 0 Å². The number of amides is 1. The first-order valence-electron chi connectivity index (χ1n) is 8.11. The van der Waals surface area contributed by atoms with E-state index in [0.717, 1.165) is 10.7 Å². The Hall–Kier alpha value is -2.18. The number of ether oxygens (including phenoxy) is 1. The first-order valence-corrected chi connectivity index (χ1v) is 9.87. The topological polar surface area (TPSA) is 42.4 Å². The van der Waals surface area contributed by atoms with Gasteiger partial charge in [-0.3, -0.25) is 4.79 Å². The van der Waals surface area contributed by atoms with E-state index in [1.54, 1.807) is 28.7 Å². The van der Waals surface area contributed by atoms with Crippen LogP contribution in [0.5, 0.6) is 5.75 Å². The lowest BCUT2D eigenvalue weighted by atomic mass is 10.2. The summed E-state index contributed by atoms with van der Waals surface area (Å²) in [6.07, 6.45) is 0. The number of benzene rings is 1. The van der Waals surface area contributed by atoms with E-state index in [-0.39, 0.29) is 5.91 Å². The number of aromatic nitrogens is 1. The molecule has 4 nitrogen and oxygen atoms in total. The summed E-state index contributed by atoms with van der Waals surface area (Å²) in [5.41, 5.74) is 1.55. The van der Waals surface area contributed by atoms with Crippen molar-refractivity contribution in [3.63, 3.8) is 0 Å². The van der Waals surface area contributed by atoms with Gasteiger partial charge < -0.3 is 9.64 Å². The normalized spacial score (nSPS) is 10.6. The maximum atomic E-state index is 12.8. The summed E-state index contributed by atoms with van der Waals surface area (Å²) < 4.78 is 5.79. The average Bonchev–Trinajstić information content (AvgIpc) is 3.29. The molecule has 0 spiro atoms. The molecule has 1 aromatic carbocycles. The van der Waals surface area contributed by atoms with Crippen LogP contribution in [0.1, 0.15) is 32.9 Å². The van der Waals surface area contributed by atoms with Crippen molar-refractivity contribution >= 4 is 28.6 Å². The van der Waals surface area contributed by atoms with E-state index in [9.17, 15) is 4.79 Å². The predicted octanol–water partition coefficient (Wildman–Crippen LogP) is 4.75. The molecule has 3 aromatic rings. The fourth-order valence-electron chi connectivity index (χ4n) is 2.45. The van der Waals surface area contributed by atoms with Gasteiger partial charge in [-0.15, -0.1) is 22.7 Å². The molecular weight excluding hydrogens is 352 g/mol. The van der Waals surface area contributed by atoms with Crippen molar-refractivity contribution in [3.8, 4) is 5.75 Å². The van der Waals surface area contributed by atoms with Gasteiger partial charge in [0.15, 0.2) is 0 Å². The lowest BCUT2D eigenvalue weighted by Crippen LogP contribution is -2.29. The number of hydrogen-bond donors (Lipinski definition) is 0. The van der Waals surface area contributed by atoms with Crippen LogP contribution < -0.4 is 4.74 Å². The van der Waals surface area contributed by atoms with Gasteiger partial charge >= 0.3 is 0 Å². The van der Waals surface area contributed by atoms with Crippen LogP contribution in [0.3, 0.4) is 0 Å². The van der Waals surface area contributed by atoms with E-state index in [0.29, 0.717) is 31.0 Å². The highest BCUT2D eigenvalue weighted by molar-refractivity contribution is 7.10. The van der Waals surface area contributed by atoms with Crippen LogP contribution in [-0.2, 0) is 13.2 Å². The van der Waals surface area contributed by atoms with Crippen molar-refractivity contribution in [3.05, 3.63) is 68.3 Å². The molecule has 2 heterocycles. The highest BCUT2D eigenvalue weighted by Crippen LogP contribution is 2.19. The van der Waals surface area contributed by atoms with Crippen molar-refractivity contribution in [2.75, 3.05) is 6.54 Å². The highest BCUT2D eigenvalue weighted by Gasteiger charge is 2.15. The third-order valence-electron chi connectivity index (χ3n) is 3.73. The van der Waals surface area contributed by atoms with E-state index in [1.165, 1.54) is 4.88 Å². The van der Waals surface area contributed by atoms with Gasteiger partial charge in [-0.05, 0) is 43.5 Å². The van der Waals surface area contributed by atoms with E-state index in [1.807, 2.05) is 53.8 Å². The third kappa shape index (κ3) is 4.67. The average molecular weight is 373 g/mol. The van der Waals surface area contributed by atoms with Crippen molar-refractivity contribution in [2.24, 2.45) is 0 Å². The van der Waals surface area contributed by atoms with Crippen molar-refractivity contribution < 1.29 is 9.53 Å². The summed E-state index contributed by atoms with van der Waals surface area (Å²) in [6, 6.07) is 11.4. The smallest absolute Gasteiger partial charge is 0.254 e. The first-order chi connectivity index (χ1) is 12.2. The molecule has 130 valence electrons. The SMILES string of the molecule is CCN(Cc1cccs1)C(=O)c1cccc(OCc2csc(C)n2)c1. The van der Waals surface area contributed by atoms with E-state index in [4.69, 9.17) is 4.74 Å². The Labute approximate surface area is 155 Å². The van der Waals surface area contributed by atoms with Crippen LogP contribution in [-0.4, -0.2) is 22.3 Å². The maximum Gasteiger partial charge on any atom is 0.254 e. The van der Waals surface area contributed by atoms with E-state index < -0.39 is 0 Å². The molecule has 0 unspecified atom stereocenters. The minimum atomic E-state index is 0.0193. The summed E-state index contributed by atoms with van der Waals surface area (Å²) in [7, 11) is 0. The second kappa shape index (κ2) is 8.27. The zero-order chi connectivity index (χ0) is 17.6. The Balaban J connectivity index is 1.67. The number of hydrogen-bond acceptors (Lipinski definition) is 5. The molecule has 0 aliphatic rings. The molecular formula is C19H20N2O2S2. The van der Waals surface area contributed by atoms with Crippen LogP contribution in [0, 0.1) is 6.92 Å². The Morgan fingerprint density at radius 1 is 1.24 bits per heavy atom. The van der Waals surface area contributed by atoms with Gasteiger partial charge in [-0.2, -0.15) is 0 Å². The minimum Gasteiger partial charge on any atom is -0.487 e. The molecule has 6 heteroatoms. The van der Waals surface area contributed by atoms with Gasteiger partial charge in [0.25, 0.3) is 5.91 Å². The number of carbonyl (C=O) groups excluding carboxylic acids is 1. The van der Waals surface area contributed by atoms with Crippen LogP contribution in [0.25, 0.3) is 0 Å². The maximum absolute atomic E-state index is 12.8. The van der Waals surface area contributed by atoms with E-state index >= 15 is 0 Å². The fraction of sp³-hybridized carbons (Fsp3) is 0.263. The number of carbonyl (C=O) groups is 1. The molecule has 0 aliphatic heterocycles. The van der Waals surface area contributed by atoms with Crippen LogP contribution >= 0.6 is 22.7 Å². The summed E-state index contributed by atoms with van der Waals surface area (Å²) >= 11 is 3.27. The molecule has 0 atom stereocenters. The number of thiophene rings is 1. The van der Waals surface area contributed by atoms with Crippen molar-refractivity contribution in [1.29, 1.82) is 0 Å². The molecule has 25 heavy (non-hydrogen) atoms. The van der Waals surface area contributed by atoms with Crippen molar-refractivity contribution in [2.45, 2.75) is 27.0 Å². The molecule has 0 saturated heterocycles. The summed E-state index contributed by atoms with van der Waals surface area (Å²) in [5.74, 6) is 0.703. The highest BCUT2D eigenvalue weighted by atomic mass is 32.1. The molecule has 0 bridgehead atoms. The van der Waals surface area contributed by atoms with Crippen LogP contribution in [0.15, 0.2) is 47.2 Å². The number of rotatable bonds is 7. The molecule has 0 radical (unpaired) electrons. The van der Waals surface area contributed by atoms with Gasteiger partial charge in [-0.25, -0.2) is 4.98 Å². The third-order valence-corrected chi connectivity index (χ3v) is 5.41. The fourth-order valence-corrected chi connectivity index (χ4v) is 3.77. The Kier molecular flexibility index (Phi) is 5.83. The largest absolute Gasteiger partial charge is 0.487 e. The standard InChI is InChI=1S/C19H20N2O2S2/c1-3-21(11-18-8-5-9-24-18)19(22)15-6-4-7-17(10-15)23-12-16-13-25-14(2)20-16/h4-10,13H,3,11-12H2,1-2H3. The van der Waals surface area contributed by atoms with Gasteiger partial charge in [0.2, 0.25) is 0 Å². The van der Waals surface area contributed by atoms with Crippen molar-refractivity contribution in [1.82, 2.24) is 9.88 Å². The summed E-state index contributed by atoms with van der Waals surface area (Å²) in [6.45, 7) is 5.68. The Morgan fingerprint density at radius 3 is 2.80 bits per heavy atom. The Bertz CT molecular complexity index is 828. The van der Waals surface area contributed by atoms with Gasteiger partial charge in [0.1, 0.15) is 12.4 Å². The second-order valence-electron chi connectivity index (χ2n) is 5.57. The molecule has 0 saturated carbocycles. The molecule has 2 aromatic heterocycles. The van der Waals surface area contributed by atoms with Crippen LogP contribution in [0.4, 0.5) is 0 Å². The first kappa shape index (κ1) is 17.6. The monoisotopic (exact) mass is 372 g/mol. The summed E-state index contributed by atoms with van der Waals surface area (Å²) in [5, 5.41) is 5.04. The van der Waals surface area contributed by atoms with Gasteiger partial charge in [-0.1, -0.05) is 12.1 Å². The summed E-state index contributed by atoms with van der Waals surface area (Å²) in [4.78, 5) is 20.2. The predicted molar refractivity (Wildman–Crippen MR) is 102 cm³/mol. The lowest BCUT2D eigenvalue weighted by molar-refractivity contribution is 0.0753. The minimum absolute atomic E-state index is 0.0193. The van der Waals surface area contributed by atoms with Gasteiger partial charge in [0.05, 0.1) is 17.2 Å². The molecule has 0 aliphatic carbocycles. The van der Waals surface area contributed by atoms with E-state index in [2.05, 4.69) is 11.1 Å². The molecule has 0 fully saturated rings. The quantitative estimate of drug-likeness (QED) is 0.601. The second-order valence-corrected chi connectivity index (χ2v) is 7.67. The van der Waals surface area contributed by atoms with Gasteiger partial charge in [0, 0.05) is 22.4 Å². The molecule has 3 rings (SSSR count). The number of thiazole rings is 1. The zero-order valence-corrected chi connectivity index (χ0v) is 15.9. The Morgan fingerprint density at radius 2 is 2.12 bits per heavy atom. The lowest BCUT2D eigenvalue weighted by Gasteiger charge is -2.20. The molecule has 0 N–H and O–H groups in total. The number of nitrogens with zero attached hydrogens (tertiary/aromatic N) is 2.